The van der Waals surface area contributed by atoms with E-state index in [0.717, 1.165) is 38.6 Å². The molecule has 19 heavy (non-hydrogen) atoms. The first-order valence-electron chi connectivity index (χ1n) is 6.70. The van der Waals surface area contributed by atoms with Crippen LogP contribution in [-0.4, -0.2) is 29.9 Å². The first-order valence-corrected chi connectivity index (χ1v) is 6.70. The Balaban J connectivity index is 0.00000180. The van der Waals surface area contributed by atoms with Gasteiger partial charge in [0, 0.05) is 13.6 Å². The molecule has 1 saturated carbocycles. The van der Waals surface area contributed by atoms with E-state index in [4.69, 9.17) is 5.73 Å². The van der Waals surface area contributed by atoms with Crippen molar-refractivity contribution in [2.24, 2.45) is 5.73 Å². The van der Waals surface area contributed by atoms with Gasteiger partial charge in [0.2, 0.25) is 5.91 Å². The van der Waals surface area contributed by atoms with Crippen molar-refractivity contribution in [3.05, 3.63) is 35.9 Å². The maximum Gasteiger partial charge on any atom is 0.242 e. The highest BCUT2D eigenvalue weighted by Gasteiger charge is 2.38. The highest BCUT2D eigenvalue weighted by molar-refractivity contribution is 5.86. The number of rotatable bonds is 4. The summed E-state index contributed by atoms with van der Waals surface area (Å²) < 4.78 is 0. The van der Waals surface area contributed by atoms with Crippen LogP contribution in [0.4, 0.5) is 0 Å². The fraction of sp³-hybridized carbons (Fsp3) is 0.533. The van der Waals surface area contributed by atoms with Crippen molar-refractivity contribution in [1.82, 2.24) is 4.90 Å². The van der Waals surface area contributed by atoms with Gasteiger partial charge in [-0.15, -0.1) is 12.4 Å². The quantitative estimate of drug-likeness (QED) is 0.922. The summed E-state index contributed by atoms with van der Waals surface area (Å²) in [5, 5.41) is 0. The summed E-state index contributed by atoms with van der Waals surface area (Å²) in [4.78, 5) is 14.1. The first-order chi connectivity index (χ1) is 8.62. The normalized spacial score (nSPS) is 16.7. The molecule has 1 aliphatic rings. The van der Waals surface area contributed by atoms with E-state index in [2.05, 4.69) is 12.1 Å². The summed E-state index contributed by atoms with van der Waals surface area (Å²) in [6.07, 6.45) is 4.71. The predicted octanol–water partition coefficient (Wildman–Crippen LogP) is 2.38. The molecule has 3 nitrogen and oxygen atoms in total. The maximum atomic E-state index is 12.3. The molecule has 0 aliphatic heterocycles. The van der Waals surface area contributed by atoms with Crippen molar-refractivity contribution >= 4 is 18.3 Å². The molecule has 0 saturated heterocycles. The number of carbonyl (C=O) groups is 1. The van der Waals surface area contributed by atoms with Crippen LogP contribution in [0.5, 0.6) is 0 Å². The number of hydrogen-bond acceptors (Lipinski definition) is 2. The lowest BCUT2D eigenvalue weighted by Gasteiger charge is -2.28. The minimum atomic E-state index is -0.592. The molecule has 0 bridgehead atoms. The SMILES string of the molecule is CN(CCc1ccccc1)C(=O)C1(N)CCCC1.Cl. The van der Waals surface area contributed by atoms with Crippen LogP contribution in [0.25, 0.3) is 0 Å². The summed E-state index contributed by atoms with van der Waals surface area (Å²) in [6, 6.07) is 10.2. The van der Waals surface area contributed by atoms with Gasteiger partial charge in [0.25, 0.3) is 0 Å². The molecule has 0 spiro atoms. The summed E-state index contributed by atoms with van der Waals surface area (Å²) in [6.45, 7) is 0.738. The third-order valence-electron chi connectivity index (χ3n) is 3.85. The Morgan fingerprint density at radius 2 is 1.84 bits per heavy atom. The molecule has 0 heterocycles. The highest BCUT2D eigenvalue weighted by Crippen LogP contribution is 2.28. The zero-order valence-corrected chi connectivity index (χ0v) is 12.3. The highest BCUT2D eigenvalue weighted by atomic mass is 35.5. The third kappa shape index (κ3) is 3.95. The summed E-state index contributed by atoms with van der Waals surface area (Å²) in [5.74, 6) is 0.107. The van der Waals surface area contributed by atoms with Crippen molar-refractivity contribution in [1.29, 1.82) is 0 Å². The molecule has 0 unspecified atom stereocenters. The van der Waals surface area contributed by atoms with Crippen LogP contribution in [0.3, 0.4) is 0 Å². The van der Waals surface area contributed by atoms with E-state index < -0.39 is 5.54 Å². The van der Waals surface area contributed by atoms with Gasteiger partial charge in [-0.1, -0.05) is 43.2 Å². The van der Waals surface area contributed by atoms with Gasteiger partial charge in [-0.3, -0.25) is 4.79 Å². The Labute approximate surface area is 121 Å². The van der Waals surface area contributed by atoms with Gasteiger partial charge in [-0.05, 0) is 24.8 Å². The van der Waals surface area contributed by atoms with Crippen LogP contribution in [-0.2, 0) is 11.2 Å². The molecule has 106 valence electrons. The number of carbonyl (C=O) groups excluding carboxylic acids is 1. The van der Waals surface area contributed by atoms with E-state index in [1.165, 1.54) is 5.56 Å². The van der Waals surface area contributed by atoms with Crippen LogP contribution in [0.1, 0.15) is 31.2 Å². The van der Waals surface area contributed by atoms with E-state index in [-0.39, 0.29) is 18.3 Å². The Morgan fingerprint density at radius 1 is 1.26 bits per heavy atom. The lowest BCUT2D eigenvalue weighted by atomic mass is 9.97. The fourth-order valence-corrected chi connectivity index (χ4v) is 2.64. The fourth-order valence-electron chi connectivity index (χ4n) is 2.64. The molecule has 1 aromatic carbocycles. The smallest absolute Gasteiger partial charge is 0.242 e. The first kappa shape index (κ1) is 16.0. The molecule has 0 atom stereocenters. The molecular weight excluding hydrogens is 260 g/mol. The summed E-state index contributed by atoms with van der Waals surface area (Å²) in [5.41, 5.74) is 6.85. The van der Waals surface area contributed by atoms with Gasteiger partial charge in [0.15, 0.2) is 0 Å². The van der Waals surface area contributed by atoms with Crippen molar-refractivity contribution in [2.45, 2.75) is 37.6 Å². The number of likely N-dealkylation sites (N-methyl/N-ethyl adjacent to an activating group) is 1. The Morgan fingerprint density at radius 3 is 2.42 bits per heavy atom. The van der Waals surface area contributed by atoms with Gasteiger partial charge >= 0.3 is 0 Å². The van der Waals surface area contributed by atoms with Crippen LogP contribution in [0, 0.1) is 0 Å². The molecule has 1 aliphatic carbocycles. The molecule has 2 rings (SSSR count). The Kier molecular flexibility index (Phi) is 5.83. The van der Waals surface area contributed by atoms with E-state index in [1.54, 1.807) is 4.90 Å². The van der Waals surface area contributed by atoms with Crippen LogP contribution in [0.15, 0.2) is 30.3 Å². The lowest BCUT2D eigenvalue weighted by molar-refractivity contribution is -0.135. The van der Waals surface area contributed by atoms with E-state index in [9.17, 15) is 4.79 Å². The number of amides is 1. The van der Waals surface area contributed by atoms with Gasteiger partial charge in [-0.2, -0.15) is 0 Å². The number of nitrogens with two attached hydrogens (primary N) is 1. The number of benzene rings is 1. The van der Waals surface area contributed by atoms with Crippen LogP contribution in [0.2, 0.25) is 0 Å². The zero-order valence-electron chi connectivity index (χ0n) is 11.5. The average Bonchev–Trinajstić information content (AvgIpc) is 2.84. The Bertz CT molecular complexity index is 402. The minimum Gasteiger partial charge on any atom is -0.344 e. The summed E-state index contributed by atoms with van der Waals surface area (Å²) >= 11 is 0. The number of halogens is 1. The standard InChI is InChI=1S/C15H22N2O.ClH/c1-17(12-9-13-7-3-2-4-8-13)14(18)15(16)10-5-6-11-15;/h2-4,7-8H,5-6,9-12,16H2,1H3;1H. The van der Waals surface area contributed by atoms with Crippen LogP contribution >= 0.6 is 12.4 Å². The monoisotopic (exact) mass is 282 g/mol. The minimum absolute atomic E-state index is 0. The second kappa shape index (κ2) is 6.92. The molecule has 4 heteroatoms. The van der Waals surface area contributed by atoms with Gasteiger partial charge in [0.05, 0.1) is 5.54 Å². The molecule has 0 aromatic heterocycles. The molecule has 1 fully saturated rings. The second-order valence-corrected chi connectivity index (χ2v) is 5.33. The molecular formula is C15H23ClN2O. The average molecular weight is 283 g/mol. The summed E-state index contributed by atoms with van der Waals surface area (Å²) in [7, 11) is 1.86. The van der Waals surface area contributed by atoms with E-state index in [1.807, 2.05) is 25.2 Å². The van der Waals surface area contributed by atoms with Crippen molar-refractivity contribution in [3.8, 4) is 0 Å². The van der Waals surface area contributed by atoms with Crippen molar-refractivity contribution in [3.63, 3.8) is 0 Å². The van der Waals surface area contributed by atoms with Gasteiger partial charge in [0.1, 0.15) is 0 Å². The zero-order chi connectivity index (χ0) is 13.0. The number of nitrogens with zero attached hydrogens (tertiary/aromatic N) is 1. The van der Waals surface area contributed by atoms with Crippen LogP contribution < -0.4 is 5.73 Å². The topological polar surface area (TPSA) is 46.3 Å². The van der Waals surface area contributed by atoms with E-state index >= 15 is 0 Å². The van der Waals surface area contributed by atoms with Gasteiger partial charge in [-0.25, -0.2) is 0 Å². The van der Waals surface area contributed by atoms with Crippen molar-refractivity contribution in [2.75, 3.05) is 13.6 Å². The molecule has 0 radical (unpaired) electrons. The maximum absolute atomic E-state index is 12.3. The van der Waals surface area contributed by atoms with Gasteiger partial charge < -0.3 is 10.6 Å². The van der Waals surface area contributed by atoms with E-state index in [0.29, 0.717) is 0 Å². The molecule has 2 N–H and O–H groups in total. The van der Waals surface area contributed by atoms with Crippen molar-refractivity contribution < 1.29 is 4.79 Å². The number of hydrogen-bond donors (Lipinski definition) is 1. The largest absolute Gasteiger partial charge is 0.344 e. The predicted molar refractivity (Wildman–Crippen MR) is 80.4 cm³/mol. The molecule has 1 amide bonds. The lowest BCUT2D eigenvalue weighted by Crippen LogP contribution is -2.52. The Hall–Kier alpha value is -1.06. The second-order valence-electron chi connectivity index (χ2n) is 5.33. The molecule has 1 aromatic rings. The third-order valence-corrected chi connectivity index (χ3v) is 3.85.